The molecule has 0 radical (unpaired) electrons. The molecule has 0 heterocycles. The van der Waals surface area contributed by atoms with Crippen LogP contribution in [0.5, 0.6) is 0 Å². The van der Waals surface area contributed by atoms with Gasteiger partial charge in [-0.2, -0.15) is 0 Å². The summed E-state index contributed by atoms with van der Waals surface area (Å²) < 4.78 is 0. The van der Waals surface area contributed by atoms with Crippen LogP contribution in [-0.4, -0.2) is 0 Å². The summed E-state index contributed by atoms with van der Waals surface area (Å²) in [5.74, 6) is 6.91. The second-order valence-electron chi connectivity index (χ2n) is 13.8. The van der Waals surface area contributed by atoms with Crippen LogP contribution in [0.3, 0.4) is 0 Å². The highest BCUT2D eigenvalue weighted by Gasteiger charge is 2.63. The van der Waals surface area contributed by atoms with E-state index in [0.29, 0.717) is 16.2 Å². The minimum atomic E-state index is 0.627. The molecule has 0 saturated heterocycles. The van der Waals surface area contributed by atoms with Gasteiger partial charge < -0.3 is 0 Å². The summed E-state index contributed by atoms with van der Waals surface area (Å²) in [7, 11) is 0. The van der Waals surface area contributed by atoms with Crippen LogP contribution in [0.25, 0.3) is 0 Å². The second kappa shape index (κ2) is 7.85. The molecular weight excluding hydrogens is 348 g/mol. The molecule has 4 rings (SSSR count). The Balaban J connectivity index is 1.49. The third-order valence-corrected chi connectivity index (χ3v) is 11.8. The minimum absolute atomic E-state index is 0.627. The monoisotopic (exact) mass is 400 g/mol. The van der Waals surface area contributed by atoms with Crippen LogP contribution < -0.4 is 0 Å². The quantitative estimate of drug-likeness (QED) is 0.431. The Labute approximate surface area is 183 Å². The molecule has 4 aliphatic carbocycles. The van der Waals surface area contributed by atoms with Gasteiger partial charge >= 0.3 is 0 Å². The molecule has 168 valence electrons. The first-order chi connectivity index (χ1) is 13.6. The van der Waals surface area contributed by atoms with E-state index in [1.165, 1.54) is 51.4 Å². The fraction of sp³-hybridized carbons (Fsp3) is 1.00. The van der Waals surface area contributed by atoms with Gasteiger partial charge in [0.1, 0.15) is 0 Å². The SMILES string of the molecule is CC(C)CCCC(C)C1CCC2C3CCC4(C)CC(C)CCC4(C)C3CCC12C. The van der Waals surface area contributed by atoms with E-state index in [4.69, 9.17) is 0 Å². The molecule has 0 heteroatoms. The van der Waals surface area contributed by atoms with Gasteiger partial charge in [0.25, 0.3) is 0 Å². The molecule has 0 amide bonds. The Bertz CT molecular complexity index is 577. The van der Waals surface area contributed by atoms with Crippen LogP contribution in [0.15, 0.2) is 0 Å². The zero-order chi connectivity index (χ0) is 21.0. The van der Waals surface area contributed by atoms with Crippen molar-refractivity contribution >= 4 is 0 Å². The fourth-order valence-electron chi connectivity index (χ4n) is 9.96. The van der Waals surface area contributed by atoms with E-state index in [1.54, 1.807) is 25.7 Å². The van der Waals surface area contributed by atoms with E-state index in [9.17, 15) is 0 Å². The van der Waals surface area contributed by atoms with Crippen molar-refractivity contribution in [3.63, 3.8) is 0 Å². The van der Waals surface area contributed by atoms with Gasteiger partial charge in [-0.3, -0.25) is 0 Å². The topological polar surface area (TPSA) is 0 Å². The molecule has 0 spiro atoms. The van der Waals surface area contributed by atoms with Crippen molar-refractivity contribution in [3.05, 3.63) is 0 Å². The van der Waals surface area contributed by atoms with Crippen LogP contribution in [0.1, 0.15) is 126 Å². The van der Waals surface area contributed by atoms with Gasteiger partial charge in [-0.25, -0.2) is 0 Å². The average Bonchev–Trinajstić information content (AvgIpc) is 2.99. The molecule has 4 aliphatic rings. The third kappa shape index (κ3) is 3.55. The molecule has 0 nitrogen and oxygen atoms in total. The van der Waals surface area contributed by atoms with Crippen LogP contribution in [0, 0.1) is 57.7 Å². The Kier molecular flexibility index (Phi) is 6.01. The molecule has 0 aromatic rings. The van der Waals surface area contributed by atoms with Crippen LogP contribution in [0.2, 0.25) is 0 Å². The summed E-state index contributed by atoms with van der Waals surface area (Å²) in [4.78, 5) is 0. The molecular formula is C29H52. The summed E-state index contributed by atoms with van der Waals surface area (Å²) in [6, 6.07) is 0. The molecule has 4 saturated carbocycles. The van der Waals surface area contributed by atoms with Gasteiger partial charge in [0.2, 0.25) is 0 Å². The molecule has 0 aromatic heterocycles. The lowest BCUT2D eigenvalue weighted by atomic mass is 9.39. The number of fused-ring (bicyclic) bond motifs is 5. The molecule has 29 heavy (non-hydrogen) atoms. The lowest BCUT2D eigenvalue weighted by Gasteiger charge is -2.65. The second-order valence-corrected chi connectivity index (χ2v) is 13.8. The molecule has 0 aliphatic heterocycles. The number of hydrogen-bond acceptors (Lipinski definition) is 0. The molecule has 4 fully saturated rings. The largest absolute Gasteiger partial charge is 0.0628 e. The molecule has 9 atom stereocenters. The predicted molar refractivity (Wildman–Crippen MR) is 127 cm³/mol. The van der Waals surface area contributed by atoms with Crippen molar-refractivity contribution in [1.82, 2.24) is 0 Å². The van der Waals surface area contributed by atoms with E-state index >= 15 is 0 Å². The maximum Gasteiger partial charge on any atom is -0.0241 e. The van der Waals surface area contributed by atoms with Gasteiger partial charge in [-0.15, -0.1) is 0 Å². The smallest absolute Gasteiger partial charge is 0.0241 e. The Morgan fingerprint density at radius 1 is 0.793 bits per heavy atom. The average molecular weight is 401 g/mol. The first kappa shape index (κ1) is 22.2. The number of hydrogen-bond donors (Lipinski definition) is 0. The van der Waals surface area contributed by atoms with Crippen molar-refractivity contribution < 1.29 is 0 Å². The van der Waals surface area contributed by atoms with Crippen molar-refractivity contribution in [1.29, 1.82) is 0 Å². The molecule has 0 aromatic carbocycles. The summed E-state index contributed by atoms with van der Waals surface area (Å²) in [6.07, 6.45) is 18.1. The normalized spacial score (nSPS) is 50.7. The van der Waals surface area contributed by atoms with Crippen LogP contribution >= 0.6 is 0 Å². The zero-order valence-corrected chi connectivity index (χ0v) is 21.0. The molecule has 9 unspecified atom stereocenters. The Hall–Kier alpha value is 0. The predicted octanol–water partition coefficient (Wildman–Crippen LogP) is 9.13. The zero-order valence-electron chi connectivity index (χ0n) is 21.0. The third-order valence-electron chi connectivity index (χ3n) is 11.8. The fourth-order valence-corrected chi connectivity index (χ4v) is 9.96. The summed E-state index contributed by atoms with van der Waals surface area (Å²) in [6.45, 7) is 18.1. The molecule has 0 bridgehead atoms. The highest BCUT2D eigenvalue weighted by atomic mass is 14.7. The van der Waals surface area contributed by atoms with E-state index in [1.807, 2.05) is 0 Å². The maximum absolute atomic E-state index is 2.75. The van der Waals surface area contributed by atoms with E-state index < -0.39 is 0 Å². The van der Waals surface area contributed by atoms with Gasteiger partial charge in [-0.1, -0.05) is 74.1 Å². The summed E-state index contributed by atoms with van der Waals surface area (Å²) in [5.41, 5.74) is 1.91. The maximum atomic E-state index is 2.75. The standard InChI is InChI=1S/C29H52/c1-20(2)9-8-10-22(4)24-11-12-25-23-14-16-27(5)19-21(3)13-18-29(27,7)26(23)15-17-28(24,25)6/h20-26H,8-19H2,1-7H3. The van der Waals surface area contributed by atoms with Crippen LogP contribution in [-0.2, 0) is 0 Å². The molecule has 0 N–H and O–H groups in total. The first-order valence-corrected chi connectivity index (χ1v) is 13.6. The lowest BCUT2D eigenvalue weighted by Crippen LogP contribution is -2.57. The van der Waals surface area contributed by atoms with Gasteiger partial charge in [0.05, 0.1) is 0 Å². The van der Waals surface area contributed by atoms with Gasteiger partial charge in [0.15, 0.2) is 0 Å². The van der Waals surface area contributed by atoms with E-state index in [2.05, 4.69) is 48.5 Å². The highest BCUT2D eigenvalue weighted by Crippen LogP contribution is 2.71. The Morgan fingerprint density at radius 3 is 2.28 bits per heavy atom. The lowest BCUT2D eigenvalue weighted by molar-refractivity contribution is -0.161. The Morgan fingerprint density at radius 2 is 1.55 bits per heavy atom. The van der Waals surface area contributed by atoms with Gasteiger partial charge in [0, 0.05) is 0 Å². The van der Waals surface area contributed by atoms with Gasteiger partial charge in [-0.05, 0) is 109 Å². The number of rotatable bonds is 5. The summed E-state index contributed by atoms with van der Waals surface area (Å²) in [5, 5.41) is 0. The van der Waals surface area contributed by atoms with E-state index in [-0.39, 0.29) is 0 Å². The van der Waals surface area contributed by atoms with E-state index in [0.717, 1.165) is 41.4 Å². The van der Waals surface area contributed by atoms with Crippen LogP contribution in [0.4, 0.5) is 0 Å². The summed E-state index contributed by atoms with van der Waals surface area (Å²) >= 11 is 0. The van der Waals surface area contributed by atoms with Crippen molar-refractivity contribution in [3.8, 4) is 0 Å². The minimum Gasteiger partial charge on any atom is -0.0628 e. The highest BCUT2D eigenvalue weighted by molar-refractivity contribution is 5.12. The first-order valence-electron chi connectivity index (χ1n) is 13.6. The van der Waals surface area contributed by atoms with Crippen molar-refractivity contribution in [2.75, 3.05) is 0 Å². The van der Waals surface area contributed by atoms with Crippen molar-refractivity contribution in [2.45, 2.75) is 126 Å². The van der Waals surface area contributed by atoms with Crippen molar-refractivity contribution in [2.24, 2.45) is 57.7 Å².